The van der Waals surface area contributed by atoms with Crippen LogP contribution in [0, 0.1) is 0 Å². The number of amides is 2. The van der Waals surface area contributed by atoms with E-state index in [-0.39, 0.29) is 18.2 Å². The number of piperazine rings is 1. The Hall–Kier alpha value is -3.69. The average Bonchev–Trinajstić information content (AvgIpc) is 2.89. The number of fused-ring (bicyclic) bond motifs is 1. The molecule has 2 aromatic rings. The normalized spacial score (nSPS) is 18.8. The molecule has 4 rings (SSSR count). The van der Waals surface area contributed by atoms with Crippen LogP contribution in [0.4, 0.5) is 11.6 Å². The van der Waals surface area contributed by atoms with Gasteiger partial charge >= 0.3 is 5.97 Å². The Balaban J connectivity index is 1.47. The van der Waals surface area contributed by atoms with Crippen LogP contribution in [0.1, 0.15) is 22.3 Å². The summed E-state index contributed by atoms with van der Waals surface area (Å²) in [6, 6.07) is 6.18. The maximum Gasteiger partial charge on any atom is 0.305 e. The summed E-state index contributed by atoms with van der Waals surface area (Å²) in [5.41, 5.74) is 2.00. The number of carbonyl (C=O) groups is 3. The number of hydrogen-bond acceptors (Lipinski definition) is 7. The van der Waals surface area contributed by atoms with E-state index in [4.69, 9.17) is 5.11 Å². The number of likely N-dealkylation sites (N-methyl/N-ethyl adjacent to an activating group) is 1. The first kappa shape index (κ1) is 20.6. The summed E-state index contributed by atoms with van der Waals surface area (Å²) in [7, 11) is 1.63. The van der Waals surface area contributed by atoms with E-state index in [2.05, 4.69) is 15.3 Å². The third kappa shape index (κ3) is 4.42. The molecule has 2 aliphatic heterocycles. The number of carbonyl (C=O) groups excluding carboxylic acids is 2. The Kier molecular flexibility index (Phi) is 5.70. The molecule has 0 bridgehead atoms. The number of benzene rings is 1. The molecule has 0 spiro atoms. The predicted octanol–water partition coefficient (Wildman–Crippen LogP) is 0.666. The first-order valence-electron chi connectivity index (χ1n) is 10.1. The van der Waals surface area contributed by atoms with E-state index in [0.29, 0.717) is 49.9 Å². The van der Waals surface area contributed by atoms with E-state index in [1.54, 1.807) is 48.6 Å². The lowest BCUT2D eigenvalue weighted by Crippen LogP contribution is -2.49. The number of carboxylic acids is 1. The second-order valence-corrected chi connectivity index (χ2v) is 7.69. The monoisotopic (exact) mass is 424 g/mol. The average molecular weight is 424 g/mol. The number of anilines is 2. The van der Waals surface area contributed by atoms with Gasteiger partial charge in [0.25, 0.3) is 5.91 Å². The molecule has 0 saturated carbocycles. The van der Waals surface area contributed by atoms with Gasteiger partial charge in [-0.05, 0) is 29.8 Å². The fraction of sp³-hybridized carbons (Fsp3) is 0.381. The van der Waals surface area contributed by atoms with Crippen LogP contribution in [0.25, 0.3) is 0 Å². The largest absolute Gasteiger partial charge is 0.481 e. The topological polar surface area (TPSA) is 119 Å². The van der Waals surface area contributed by atoms with Crippen molar-refractivity contribution in [3.63, 3.8) is 0 Å². The summed E-state index contributed by atoms with van der Waals surface area (Å²) in [5, 5.41) is 12.1. The zero-order chi connectivity index (χ0) is 22.0. The SMILES string of the molecule is CN1Cc2cc(C(=O)N3CCN(c4ncccn4)CC3)ccc2NC(CC(=O)O)C1=O. The van der Waals surface area contributed by atoms with Crippen LogP contribution in [0.15, 0.2) is 36.7 Å². The van der Waals surface area contributed by atoms with E-state index >= 15 is 0 Å². The molecule has 162 valence electrons. The van der Waals surface area contributed by atoms with Crippen molar-refractivity contribution in [1.82, 2.24) is 19.8 Å². The quantitative estimate of drug-likeness (QED) is 0.735. The van der Waals surface area contributed by atoms with Gasteiger partial charge in [-0.3, -0.25) is 14.4 Å². The second kappa shape index (κ2) is 8.58. The number of nitrogens with one attached hydrogen (secondary N) is 1. The zero-order valence-corrected chi connectivity index (χ0v) is 17.2. The Labute approximate surface area is 179 Å². The minimum Gasteiger partial charge on any atom is -0.481 e. The van der Waals surface area contributed by atoms with Gasteiger partial charge < -0.3 is 25.1 Å². The Morgan fingerprint density at radius 3 is 2.55 bits per heavy atom. The van der Waals surface area contributed by atoms with Crippen molar-refractivity contribution in [3.8, 4) is 0 Å². The fourth-order valence-corrected chi connectivity index (χ4v) is 3.91. The highest BCUT2D eigenvalue weighted by molar-refractivity contribution is 5.96. The van der Waals surface area contributed by atoms with Crippen LogP contribution < -0.4 is 10.2 Å². The molecular weight excluding hydrogens is 400 g/mol. The van der Waals surface area contributed by atoms with Gasteiger partial charge in [-0.1, -0.05) is 0 Å². The number of aromatic nitrogens is 2. The van der Waals surface area contributed by atoms with Gasteiger partial charge in [-0.15, -0.1) is 0 Å². The zero-order valence-electron chi connectivity index (χ0n) is 17.2. The number of aliphatic carboxylic acids is 1. The lowest BCUT2D eigenvalue weighted by atomic mass is 10.1. The maximum absolute atomic E-state index is 13.1. The lowest BCUT2D eigenvalue weighted by molar-refractivity contribution is -0.141. The molecule has 1 unspecified atom stereocenters. The lowest BCUT2D eigenvalue weighted by Gasteiger charge is -2.34. The molecule has 1 aromatic carbocycles. The third-order valence-electron chi connectivity index (χ3n) is 5.54. The molecule has 1 saturated heterocycles. The van der Waals surface area contributed by atoms with Crippen LogP contribution in [-0.2, 0) is 16.1 Å². The first-order valence-corrected chi connectivity index (χ1v) is 10.1. The van der Waals surface area contributed by atoms with Crippen LogP contribution in [0.5, 0.6) is 0 Å². The molecule has 0 radical (unpaired) electrons. The minimum atomic E-state index is -1.05. The summed E-state index contributed by atoms with van der Waals surface area (Å²) in [6.07, 6.45) is 3.09. The fourth-order valence-electron chi connectivity index (χ4n) is 3.91. The smallest absolute Gasteiger partial charge is 0.305 e. The van der Waals surface area contributed by atoms with Crippen LogP contribution in [-0.4, -0.2) is 81.9 Å². The Morgan fingerprint density at radius 1 is 1.16 bits per heavy atom. The van der Waals surface area contributed by atoms with Crippen molar-refractivity contribution in [3.05, 3.63) is 47.8 Å². The highest BCUT2D eigenvalue weighted by Crippen LogP contribution is 2.25. The molecule has 1 aromatic heterocycles. The number of hydrogen-bond donors (Lipinski definition) is 2. The molecule has 10 heteroatoms. The summed E-state index contributed by atoms with van der Waals surface area (Å²) < 4.78 is 0. The highest BCUT2D eigenvalue weighted by atomic mass is 16.4. The molecule has 1 fully saturated rings. The Bertz CT molecular complexity index is 991. The number of rotatable bonds is 4. The summed E-state index contributed by atoms with van der Waals surface area (Å²) >= 11 is 0. The third-order valence-corrected chi connectivity index (χ3v) is 5.54. The number of nitrogens with zero attached hydrogens (tertiary/aromatic N) is 5. The summed E-state index contributed by atoms with van der Waals surface area (Å²) in [6.45, 7) is 2.72. The van der Waals surface area contributed by atoms with Crippen LogP contribution >= 0.6 is 0 Å². The molecule has 2 aliphatic rings. The molecule has 1 atom stereocenters. The van der Waals surface area contributed by atoms with Gasteiger partial charge in [-0.2, -0.15) is 0 Å². The highest BCUT2D eigenvalue weighted by Gasteiger charge is 2.30. The van der Waals surface area contributed by atoms with Crippen molar-refractivity contribution >= 4 is 29.4 Å². The van der Waals surface area contributed by atoms with E-state index in [0.717, 1.165) is 5.56 Å². The van der Waals surface area contributed by atoms with E-state index in [1.165, 1.54) is 4.90 Å². The van der Waals surface area contributed by atoms with E-state index in [1.807, 2.05) is 4.90 Å². The minimum absolute atomic E-state index is 0.0725. The molecule has 0 aliphatic carbocycles. The van der Waals surface area contributed by atoms with Gasteiger partial charge in [0.15, 0.2) is 0 Å². The van der Waals surface area contributed by atoms with Gasteiger partial charge in [0.05, 0.1) is 6.42 Å². The standard InChI is InChI=1S/C21H24N6O4/c1-25-13-15-11-14(3-4-16(15)24-17(20(25)31)12-18(28)29)19(30)26-7-9-27(10-8-26)21-22-5-2-6-23-21/h2-6,11,17,24H,7-10,12-13H2,1H3,(H,28,29). The van der Waals surface area contributed by atoms with E-state index < -0.39 is 12.0 Å². The molecule has 31 heavy (non-hydrogen) atoms. The molecule has 2 amide bonds. The van der Waals surface area contributed by atoms with Crippen molar-refractivity contribution in [2.45, 2.75) is 19.0 Å². The molecular formula is C21H24N6O4. The molecule has 10 nitrogen and oxygen atoms in total. The van der Waals surface area contributed by atoms with Crippen molar-refractivity contribution in [1.29, 1.82) is 0 Å². The van der Waals surface area contributed by atoms with Gasteiger partial charge in [0.1, 0.15) is 6.04 Å². The van der Waals surface area contributed by atoms with Gasteiger partial charge in [-0.25, -0.2) is 9.97 Å². The van der Waals surface area contributed by atoms with E-state index in [9.17, 15) is 14.4 Å². The predicted molar refractivity (Wildman–Crippen MR) is 113 cm³/mol. The Morgan fingerprint density at radius 2 is 1.87 bits per heavy atom. The first-order chi connectivity index (χ1) is 14.9. The molecule has 2 N–H and O–H groups in total. The maximum atomic E-state index is 13.1. The van der Waals surface area contributed by atoms with Gasteiger partial charge in [0.2, 0.25) is 11.9 Å². The van der Waals surface area contributed by atoms with Crippen LogP contribution in [0.3, 0.4) is 0 Å². The molecule has 3 heterocycles. The van der Waals surface area contributed by atoms with Crippen molar-refractivity contribution in [2.75, 3.05) is 43.4 Å². The summed E-state index contributed by atoms with van der Waals surface area (Å²) in [5.74, 6) is -0.744. The number of carboxylic acid groups (broad SMARTS) is 1. The van der Waals surface area contributed by atoms with Crippen molar-refractivity contribution < 1.29 is 19.5 Å². The second-order valence-electron chi connectivity index (χ2n) is 7.69. The van der Waals surface area contributed by atoms with Crippen molar-refractivity contribution in [2.24, 2.45) is 0 Å². The van der Waals surface area contributed by atoms with Crippen LogP contribution in [0.2, 0.25) is 0 Å². The summed E-state index contributed by atoms with van der Waals surface area (Å²) in [4.78, 5) is 50.5. The van der Waals surface area contributed by atoms with Gasteiger partial charge in [0, 0.05) is 63.4 Å².